The van der Waals surface area contributed by atoms with Crippen molar-refractivity contribution in [3.05, 3.63) is 41.6 Å². The first-order valence-electron chi connectivity index (χ1n) is 9.14. The first-order chi connectivity index (χ1) is 12.4. The van der Waals surface area contributed by atoms with Gasteiger partial charge in [0.25, 0.3) is 0 Å². The van der Waals surface area contributed by atoms with Crippen LogP contribution in [0, 0.1) is 12.3 Å². The molecule has 0 aliphatic carbocycles. The van der Waals surface area contributed by atoms with Gasteiger partial charge >= 0.3 is 0 Å². The second kappa shape index (κ2) is 7.55. The number of para-hydroxylation sites is 1. The molecule has 0 saturated heterocycles. The number of aromatic nitrogens is 2. The van der Waals surface area contributed by atoms with Crippen molar-refractivity contribution in [3.63, 3.8) is 0 Å². The number of anilines is 1. The average Bonchev–Trinajstić information content (AvgIpc) is 2.96. The fourth-order valence-corrected chi connectivity index (χ4v) is 2.43. The Morgan fingerprint density at radius 2 is 1.70 bits per heavy atom. The van der Waals surface area contributed by atoms with E-state index >= 15 is 0 Å². The zero-order valence-electron chi connectivity index (χ0n) is 17.3. The third-order valence-corrected chi connectivity index (χ3v) is 4.18. The highest BCUT2D eigenvalue weighted by Crippen LogP contribution is 2.27. The quantitative estimate of drug-likeness (QED) is 0.864. The number of amides is 2. The predicted octanol–water partition coefficient (Wildman–Crippen LogP) is 3.58. The zero-order chi connectivity index (χ0) is 20.4. The van der Waals surface area contributed by atoms with Crippen LogP contribution in [0.2, 0.25) is 0 Å². The van der Waals surface area contributed by atoms with Crippen molar-refractivity contribution >= 4 is 17.6 Å². The highest BCUT2D eigenvalue weighted by atomic mass is 16.2. The molecule has 1 heterocycles. The van der Waals surface area contributed by atoms with Crippen LogP contribution in [0.15, 0.2) is 30.3 Å². The SMILES string of the molecule is Cc1ccccc1-n1nc(C(C)(C)C)cc1NC(=O)CNC(=O)C(C)(C)C. The van der Waals surface area contributed by atoms with Crippen LogP contribution < -0.4 is 10.6 Å². The number of rotatable bonds is 4. The summed E-state index contributed by atoms with van der Waals surface area (Å²) in [7, 11) is 0. The van der Waals surface area contributed by atoms with Gasteiger partial charge in [-0.2, -0.15) is 5.10 Å². The number of aryl methyl sites for hydroxylation is 1. The van der Waals surface area contributed by atoms with Gasteiger partial charge in [0, 0.05) is 16.9 Å². The lowest BCUT2D eigenvalue weighted by Crippen LogP contribution is -2.39. The Balaban J connectivity index is 2.28. The van der Waals surface area contributed by atoms with Crippen molar-refractivity contribution in [1.82, 2.24) is 15.1 Å². The molecule has 146 valence electrons. The number of nitrogens with one attached hydrogen (secondary N) is 2. The summed E-state index contributed by atoms with van der Waals surface area (Å²) >= 11 is 0. The maximum Gasteiger partial charge on any atom is 0.244 e. The fraction of sp³-hybridized carbons (Fsp3) is 0.476. The van der Waals surface area contributed by atoms with E-state index in [-0.39, 0.29) is 23.8 Å². The molecule has 2 N–H and O–H groups in total. The molecule has 0 radical (unpaired) electrons. The van der Waals surface area contributed by atoms with E-state index in [0.717, 1.165) is 16.9 Å². The van der Waals surface area contributed by atoms with Gasteiger partial charge in [-0.1, -0.05) is 59.7 Å². The Morgan fingerprint density at radius 3 is 2.26 bits per heavy atom. The van der Waals surface area contributed by atoms with E-state index in [9.17, 15) is 9.59 Å². The van der Waals surface area contributed by atoms with Crippen molar-refractivity contribution < 1.29 is 9.59 Å². The molecule has 2 aromatic rings. The standard InChI is InChI=1S/C21H30N4O2/c1-14-10-8-9-11-15(14)25-17(12-16(24-25)20(2,3)4)23-18(26)13-22-19(27)21(5,6)7/h8-12H,13H2,1-7H3,(H,22,27)(H,23,26). The van der Waals surface area contributed by atoms with Crippen molar-refractivity contribution in [2.45, 2.75) is 53.9 Å². The maximum atomic E-state index is 12.4. The highest BCUT2D eigenvalue weighted by Gasteiger charge is 2.24. The van der Waals surface area contributed by atoms with Crippen LogP contribution in [0.1, 0.15) is 52.8 Å². The summed E-state index contributed by atoms with van der Waals surface area (Å²) in [6, 6.07) is 9.76. The van der Waals surface area contributed by atoms with Crippen LogP contribution in [-0.2, 0) is 15.0 Å². The molecule has 1 aromatic carbocycles. The molecule has 0 bridgehead atoms. The van der Waals surface area contributed by atoms with Gasteiger partial charge in [-0.25, -0.2) is 4.68 Å². The van der Waals surface area contributed by atoms with Crippen molar-refractivity contribution in [2.24, 2.45) is 5.41 Å². The van der Waals surface area contributed by atoms with Crippen molar-refractivity contribution in [2.75, 3.05) is 11.9 Å². The van der Waals surface area contributed by atoms with E-state index in [4.69, 9.17) is 5.10 Å². The van der Waals surface area contributed by atoms with Crippen LogP contribution >= 0.6 is 0 Å². The highest BCUT2D eigenvalue weighted by molar-refractivity contribution is 5.94. The Bertz CT molecular complexity index is 839. The van der Waals surface area contributed by atoms with Gasteiger partial charge < -0.3 is 10.6 Å². The molecule has 0 atom stereocenters. The number of hydrogen-bond acceptors (Lipinski definition) is 3. The smallest absolute Gasteiger partial charge is 0.244 e. The molecule has 0 aliphatic rings. The maximum absolute atomic E-state index is 12.4. The molecule has 0 aliphatic heterocycles. The Hall–Kier alpha value is -2.63. The Labute approximate surface area is 161 Å². The first-order valence-corrected chi connectivity index (χ1v) is 9.14. The number of carbonyl (C=O) groups is 2. The molecular formula is C21H30N4O2. The number of carbonyl (C=O) groups excluding carboxylic acids is 2. The van der Waals surface area contributed by atoms with Crippen LogP contribution in [0.3, 0.4) is 0 Å². The van der Waals surface area contributed by atoms with E-state index in [2.05, 4.69) is 31.4 Å². The normalized spacial score (nSPS) is 12.0. The third kappa shape index (κ3) is 5.18. The van der Waals surface area contributed by atoms with E-state index in [1.807, 2.05) is 58.0 Å². The zero-order valence-corrected chi connectivity index (χ0v) is 17.3. The molecule has 6 nitrogen and oxygen atoms in total. The minimum Gasteiger partial charge on any atom is -0.347 e. The van der Waals surface area contributed by atoms with Gasteiger partial charge in [-0.15, -0.1) is 0 Å². The van der Waals surface area contributed by atoms with E-state index in [1.54, 1.807) is 4.68 Å². The summed E-state index contributed by atoms with van der Waals surface area (Å²) in [5.41, 5.74) is 2.13. The topological polar surface area (TPSA) is 76.0 Å². The van der Waals surface area contributed by atoms with Gasteiger partial charge in [-0.3, -0.25) is 9.59 Å². The second-order valence-electron chi connectivity index (χ2n) is 8.84. The largest absolute Gasteiger partial charge is 0.347 e. The summed E-state index contributed by atoms with van der Waals surface area (Å²) in [6.45, 7) is 13.6. The molecule has 0 saturated carbocycles. The Kier molecular flexibility index (Phi) is 5.78. The van der Waals surface area contributed by atoms with Crippen LogP contribution in [0.25, 0.3) is 5.69 Å². The monoisotopic (exact) mass is 370 g/mol. The first kappa shape index (κ1) is 20.7. The summed E-state index contributed by atoms with van der Waals surface area (Å²) in [6.07, 6.45) is 0. The lowest BCUT2D eigenvalue weighted by Gasteiger charge is -2.17. The van der Waals surface area contributed by atoms with Crippen LogP contribution in [0.4, 0.5) is 5.82 Å². The van der Waals surface area contributed by atoms with E-state index < -0.39 is 5.41 Å². The van der Waals surface area contributed by atoms with E-state index in [0.29, 0.717) is 5.82 Å². The van der Waals surface area contributed by atoms with Crippen LogP contribution in [0.5, 0.6) is 0 Å². The van der Waals surface area contributed by atoms with Gasteiger partial charge in [0.15, 0.2) is 0 Å². The fourth-order valence-electron chi connectivity index (χ4n) is 2.43. The van der Waals surface area contributed by atoms with Crippen LogP contribution in [-0.4, -0.2) is 28.1 Å². The molecular weight excluding hydrogens is 340 g/mol. The summed E-state index contributed by atoms with van der Waals surface area (Å²) < 4.78 is 1.75. The lowest BCUT2D eigenvalue weighted by molar-refractivity contribution is -0.130. The van der Waals surface area contributed by atoms with Gasteiger partial charge in [0.05, 0.1) is 17.9 Å². The summed E-state index contributed by atoms with van der Waals surface area (Å²) in [4.78, 5) is 24.4. The number of hydrogen-bond donors (Lipinski definition) is 2. The lowest BCUT2D eigenvalue weighted by atomic mass is 9.92. The molecule has 0 unspecified atom stereocenters. The molecule has 0 spiro atoms. The molecule has 2 rings (SSSR count). The predicted molar refractivity (Wildman–Crippen MR) is 108 cm³/mol. The van der Waals surface area contributed by atoms with Crippen molar-refractivity contribution in [3.8, 4) is 5.69 Å². The molecule has 6 heteroatoms. The Morgan fingerprint density at radius 1 is 1.07 bits per heavy atom. The summed E-state index contributed by atoms with van der Waals surface area (Å²) in [5.74, 6) is 0.132. The average molecular weight is 370 g/mol. The molecule has 2 amide bonds. The van der Waals surface area contributed by atoms with Gasteiger partial charge in [-0.05, 0) is 18.6 Å². The molecule has 1 aromatic heterocycles. The number of nitrogens with zero attached hydrogens (tertiary/aromatic N) is 2. The van der Waals surface area contributed by atoms with Gasteiger partial charge in [0.1, 0.15) is 5.82 Å². The van der Waals surface area contributed by atoms with E-state index in [1.165, 1.54) is 0 Å². The third-order valence-electron chi connectivity index (χ3n) is 4.18. The minimum absolute atomic E-state index is 0.0834. The minimum atomic E-state index is -0.539. The van der Waals surface area contributed by atoms with Crippen molar-refractivity contribution in [1.29, 1.82) is 0 Å². The molecule has 0 fully saturated rings. The van der Waals surface area contributed by atoms with Gasteiger partial charge in [0.2, 0.25) is 11.8 Å². The number of benzene rings is 1. The molecule has 27 heavy (non-hydrogen) atoms. The summed E-state index contributed by atoms with van der Waals surface area (Å²) in [5, 5.41) is 10.3. The second-order valence-corrected chi connectivity index (χ2v) is 8.84.